The summed E-state index contributed by atoms with van der Waals surface area (Å²) in [5, 5.41) is 21.6. The zero-order valence-electron chi connectivity index (χ0n) is 21.5. The third kappa shape index (κ3) is 5.57. The maximum absolute atomic E-state index is 13.3. The van der Waals surface area contributed by atoms with Gasteiger partial charge >= 0.3 is 0 Å². The Bertz CT molecular complexity index is 1190. The summed E-state index contributed by atoms with van der Waals surface area (Å²) in [7, 11) is 1.56. The first-order chi connectivity index (χ1) is 17.8. The van der Waals surface area contributed by atoms with Crippen LogP contribution in [0.25, 0.3) is 5.76 Å². The Kier molecular flexibility index (Phi) is 8.35. The summed E-state index contributed by atoms with van der Waals surface area (Å²) >= 11 is 0. The SMILES string of the molecule is CCOc1cc([C@H]2C(=C(O)c3ccc(OC)c(C)c3)C(=O)C(=O)N2CCCN2CCOCC2)ccc1O. The average Bonchev–Trinajstić information content (AvgIpc) is 3.15. The highest BCUT2D eigenvalue weighted by molar-refractivity contribution is 6.46. The minimum atomic E-state index is -0.827. The van der Waals surface area contributed by atoms with Gasteiger partial charge < -0.3 is 29.3 Å². The summed E-state index contributed by atoms with van der Waals surface area (Å²) in [6.45, 7) is 8.08. The highest BCUT2D eigenvalue weighted by Crippen LogP contribution is 2.42. The molecule has 37 heavy (non-hydrogen) atoms. The van der Waals surface area contributed by atoms with Crippen LogP contribution in [0.1, 0.15) is 36.1 Å². The van der Waals surface area contributed by atoms with Gasteiger partial charge in [-0.15, -0.1) is 0 Å². The predicted molar refractivity (Wildman–Crippen MR) is 138 cm³/mol. The predicted octanol–water partition coefficient (Wildman–Crippen LogP) is 3.25. The standard InChI is InChI=1S/C28H34N2O7/c1-4-37-23-17-19(6-8-21(23)31)25-24(26(32)20-7-9-22(35-3)18(2)16-20)27(33)28(34)30(25)11-5-10-29-12-14-36-15-13-29/h6-9,16-17,25,31-32H,4-5,10-15H2,1-3H3/t25-/m0/s1. The second kappa shape index (κ2) is 11.7. The molecule has 9 heteroatoms. The van der Waals surface area contributed by atoms with E-state index in [4.69, 9.17) is 14.2 Å². The van der Waals surface area contributed by atoms with Gasteiger partial charge in [-0.25, -0.2) is 0 Å². The summed E-state index contributed by atoms with van der Waals surface area (Å²) in [5.41, 5.74) is 1.78. The molecule has 2 heterocycles. The van der Waals surface area contributed by atoms with Crippen LogP contribution in [0.15, 0.2) is 42.0 Å². The highest BCUT2D eigenvalue weighted by Gasteiger charge is 2.46. The number of aryl methyl sites for hydroxylation is 1. The first-order valence-electron chi connectivity index (χ1n) is 12.5. The second-order valence-electron chi connectivity index (χ2n) is 9.14. The molecule has 1 atom stereocenters. The number of aromatic hydroxyl groups is 1. The fourth-order valence-corrected chi connectivity index (χ4v) is 4.90. The number of aliphatic hydroxyl groups is 1. The van der Waals surface area contributed by atoms with Crippen LogP contribution in [-0.2, 0) is 14.3 Å². The molecule has 9 nitrogen and oxygen atoms in total. The molecule has 0 aliphatic carbocycles. The Morgan fingerprint density at radius 3 is 2.51 bits per heavy atom. The molecule has 2 N–H and O–H groups in total. The number of hydrogen-bond acceptors (Lipinski definition) is 8. The Hall–Kier alpha value is -3.56. The van der Waals surface area contributed by atoms with Gasteiger partial charge in [0, 0.05) is 31.7 Å². The van der Waals surface area contributed by atoms with Crippen molar-refractivity contribution in [3.8, 4) is 17.2 Å². The van der Waals surface area contributed by atoms with Crippen LogP contribution in [0, 0.1) is 6.92 Å². The van der Waals surface area contributed by atoms with Crippen LogP contribution in [0.2, 0.25) is 0 Å². The van der Waals surface area contributed by atoms with E-state index in [1.807, 2.05) is 6.92 Å². The van der Waals surface area contributed by atoms with Crippen LogP contribution < -0.4 is 9.47 Å². The van der Waals surface area contributed by atoms with E-state index in [0.717, 1.165) is 25.2 Å². The highest BCUT2D eigenvalue weighted by atomic mass is 16.5. The Morgan fingerprint density at radius 2 is 1.84 bits per heavy atom. The van der Waals surface area contributed by atoms with Crippen molar-refractivity contribution in [2.45, 2.75) is 26.3 Å². The van der Waals surface area contributed by atoms with Crippen molar-refractivity contribution in [2.24, 2.45) is 0 Å². The molecule has 2 fully saturated rings. The van der Waals surface area contributed by atoms with Crippen molar-refractivity contribution in [2.75, 3.05) is 53.1 Å². The summed E-state index contributed by atoms with van der Waals surface area (Å²) in [4.78, 5) is 30.4. The molecule has 0 saturated carbocycles. The lowest BCUT2D eigenvalue weighted by molar-refractivity contribution is -0.140. The number of carbonyl (C=O) groups is 2. The fourth-order valence-electron chi connectivity index (χ4n) is 4.90. The van der Waals surface area contributed by atoms with Crippen molar-refractivity contribution in [3.63, 3.8) is 0 Å². The normalized spacial score (nSPS) is 19.9. The van der Waals surface area contributed by atoms with Crippen molar-refractivity contribution in [1.29, 1.82) is 0 Å². The van der Waals surface area contributed by atoms with Crippen LogP contribution in [-0.4, -0.2) is 84.8 Å². The van der Waals surface area contributed by atoms with E-state index in [1.54, 1.807) is 44.4 Å². The Labute approximate surface area is 216 Å². The molecule has 2 saturated heterocycles. The number of phenolic OH excluding ortho intramolecular Hbond substituents is 1. The van der Waals surface area contributed by atoms with Crippen molar-refractivity contribution in [3.05, 3.63) is 58.7 Å². The first kappa shape index (κ1) is 26.5. The number of carbonyl (C=O) groups excluding carboxylic acids is 2. The van der Waals surface area contributed by atoms with E-state index < -0.39 is 17.7 Å². The van der Waals surface area contributed by atoms with Crippen LogP contribution in [0.5, 0.6) is 17.2 Å². The molecule has 0 spiro atoms. The monoisotopic (exact) mass is 510 g/mol. The van der Waals surface area contributed by atoms with Gasteiger partial charge in [0.2, 0.25) is 0 Å². The molecule has 0 radical (unpaired) electrons. The molecule has 0 unspecified atom stereocenters. The first-order valence-corrected chi connectivity index (χ1v) is 12.5. The zero-order chi connectivity index (χ0) is 26.5. The van der Waals surface area contributed by atoms with E-state index >= 15 is 0 Å². The fraction of sp³-hybridized carbons (Fsp3) is 0.429. The van der Waals surface area contributed by atoms with Crippen molar-refractivity contribution < 1.29 is 34.0 Å². The number of rotatable bonds is 9. The molecule has 2 aliphatic heterocycles. The minimum absolute atomic E-state index is 0.00841. The number of phenols is 1. The number of likely N-dealkylation sites (tertiary alicyclic amines) is 1. The third-order valence-electron chi connectivity index (χ3n) is 6.78. The number of ether oxygens (including phenoxy) is 3. The topological polar surface area (TPSA) is 109 Å². The lowest BCUT2D eigenvalue weighted by atomic mass is 9.94. The number of benzene rings is 2. The molecule has 2 aliphatic rings. The quantitative estimate of drug-likeness (QED) is 0.301. The van der Waals surface area contributed by atoms with Crippen LogP contribution in [0.3, 0.4) is 0 Å². The van der Waals surface area contributed by atoms with E-state index in [2.05, 4.69) is 4.90 Å². The van der Waals surface area contributed by atoms with Crippen LogP contribution >= 0.6 is 0 Å². The number of aliphatic hydroxyl groups excluding tert-OH is 1. The summed E-state index contributed by atoms with van der Waals surface area (Å²) in [5.74, 6) is -0.801. The van der Waals surface area contributed by atoms with Gasteiger partial charge in [0.1, 0.15) is 11.5 Å². The van der Waals surface area contributed by atoms with E-state index in [-0.39, 0.29) is 22.8 Å². The number of hydrogen-bond donors (Lipinski definition) is 2. The van der Waals surface area contributed by atoms with Gasteiger partial charge in [0.05, 0.1) is 38.5 Å². The number of nitrogens with zero attached hydrogens (tertiary/aromatic N) is 2. The lowest BCUT2D eigenvalue weighted by Gasteiger charge is -2.29. The van der Waals surface area contributed by atoms with E-state index in [1.165, 1.54) is 11.0 Å². The molecule has 2 aromatic carbocycles. The Morgan fingerprint density at radius 1 is 1.08 bits per heavy atom. The molecular formula is C28H34N2O7. The number of methoxy groups -OCH3 is 1. The summed E-state index contributed by atoms with van der Waals surface area (Å²) < 4.78 is 16.3. The third-order valence-corrected chi connectivity index (χ3v) is 6.78. The molecule has 1 amide bonds. The smallest absolute Gasteiger partial charge is 0.295 e. The van der Waals surface area contributed by atoms with E-state index in [9.17, 15) is 19.8 Å². The maximum Gasteiger partial charge on any atom is 0.295 e. The number of Topliss-reactive ketones (excluding diaryl/α,β-unsaturated/α-hetero) is 1. The second-order valence-corrected chi connectivity index (χ2v) is 9.14. The van der Waals surface area contributed by atoms with Gasteiger partial charge in [-0.1, -0.05) is 6.07 Å². The summed E-state index contributed by atoms with van der Waals surface area (Å²) in [6.07, 6.45) is 0.654. The molecule has 0 aromatic heterocycles. The molecule has 0 bridgehead atoms. The Balaban J connectivity index is 1.73. The maximum atomic E-state index is 13.3. The molecule has 2 aromatic rings. The van der Waals surface area contributed by atoms with Gasteiger partial charge in [0.15, 0.2) is 11.5 Å². The minimum Gasteiger partial charge on any atom is -0.507 e. The zero-order valence-corrected chi connectivity index (χ0v) is 21.5. The number of morpholine rings is 1. The van der Waals surface area contributed by atoms with Crippen molar-refractivity contribution in [1.82, 2.24) is 9.80 Å². The average molecular weight is 511 g/mol. The molecule has 4 rings (SSSR count). The number of amides is 1. The number of ketones is 1. The van der Waals surface area contributed by atoms with Gasteiger partial charge in [-0.05, 0) is 61.7 Å². The summed E-state index contributed by atoms with van der Waals surface area (Å²) in [6, 6.07) is 9.02. The van der Waals surface area contributed by atoms with Gasteiger partial charge in [-0.3, -0.25) is 14.5 Å². The van der Waals surface area contributed by atoms with Crippen molar-refractivity contribution >= 4 is 17.4 Å². The van der Waals surface area contributed by atoms with Crippen LogP contribution in [0.4, 0.5) is 0 Å². The van der Waals surface area contributed by atoms with Gasteiger partial charge in [-0.2, -0.15) is 0 Å². The largest absolute Gasteiger partial charge is 0.507 e. The van der Waals surface area contributed by atoms with Gasteiger partial charge in [0.25, 0.3) is 11.7 Å². The molecule has 198 valence electrons. The van der Waals surface area contributed by atoms with E-state index in [0.29, 0.717) is 49.7 Å². The molecular weight excluding hydrogens is 476 g/mol. The lowest BCUT2D eigenvalue weighted by Crippen LogP contribution is -2.38.